The molecule has 10 heteroatoms. The Bertz CT molecular complexity index is 1540. The van der Waals surface area contributed by atoms with Crippen LogP contribution in [0.1, 0.15) is 11.1 Å². The van der Waals surface area contributed by atoms with E-state index in [0.717, 1.165) is 0 Å². The molecule has 1 N–H and O–H groups in total. The summed E-state index contributed by atoms with van der Waals surface area (Å²) < 4.78 is 55.5. The number of para-hydroxylation sites is 1. The standard InChI is InChI=1S/C28H23FN2O6S/c1-35-25-9-5-6-20(16-25)17-28(32)31-30-19-21-18-26(36-23-12-10-22(29)11-13-23)14-15-27(21)38(33,34)37-24-7-3-2-4-8-24/h2-16,18-19H,17H2,1H3,(H,31,32)/b30-19+. The first-order valence-corrected chi connectivity index (χ1v) is 12.7. The van der Waals surface area contributed by atoms with Gasteiger partial charge in [-0.15, -0.1) is 0 Å². The van der Waals surface area contributed by atoms with Gasteiger partial charge in [0.15, 0.2) is 0 Å². The van der Waals surface area contributed by atoms with Crippen molar-refractivity contribution in [3.05, 3.63) is 114 Å². The number of rotatable bonds is 10. The molecule has 0 aliphatic heterocycles. The third kappa shape index (κ3) is 7.17. The molecule has 0 atom stereocenters. The molecule has 4 aromatic carbocycles. The highest BCUT2D eigenvalue weighted by Crippen LogP contribution is 2.27. The van der Waals surface area contributed by atoms with Crippen molar-refractivity contribution in [3.8, 4) is 23.0 Å². The summed E-state index contributed by atoms with van der Waals surface area (Å²) in [7, 11) is -2.74. The molecule has 0 unspecified atom stereocenters. The summed E-state index contributed by atoms with van der Waals surface area (Å²) in [5, 5.41) is 3.94. The van der Waals surface area contributed by atoms with Crippen LogP contribution in [0.3, 0.4) is 0 Å². The number of methoxy groups -OCH3 is 1. The summed E-state index contributed by atoms with van der Waals surface area (Å²) in [5.41, 5.74) is 3.21. The summed E-state index contributed by atoms with van der Waals surface area (Å²) in [6, 6.07) is 24.6. The number of hydrogen-bond donors (Lipinski definition) is 1. The zero-order valence-electron chi connectivity index (χ0n) is 20.2. The lowest BCUT2D eigenvalue weighted by Gasteiger charge is -2.12. The van der Waals surface area contributed by atoms with E-state index in [-0.39, 0.29) is 28.4 Å². The predicted octanol–water partition coefficient (Wildman–Crippen LogP) is 5.09. The summed E-state index contributed by atoms with van der Waals surface area (Å²) in [5.74, 6) is 0.516. The van der Waals surface area contributed by atoms with Gasteiger partial charge in [0.25, 0.3) is 0 Å². The van der Waals surface area contributed by atoms with Gasteiger partial charge in [-0.25, -0.2) is 9.82 Å². The Hall–Kier alpha value is -4.70. The molecule has 0 bridgehead atoms. The van der Waals surface area contributed by atoms with Gasteiger partial charge in [-0.05, 0) is 72.3 Å². The summed E-state index contributed by atoms with van der Waals surface area (Å²) in [6.07, 6.45) is 1.22. The number of ether oxygens (including phenoxy) is 2. The lowest BCUT2D eigenvalue weighted by molar-refractivity contribution is -0.120. The highest BCUT2D eigenvalue weighted by Gasteiger charge is 2.21. The van der Waals surface area contributed by atoms with Gasteiger partial charge >= 0.3 is 10.1 Å². The number of nitrogens with zero attached hydrogens (tertiary/aromatic N) is 1. The Morgan fingerprint density at radius 3 is 2.32 bits per heavy atom. The Kier molecular flexibility index (Phi) is 8.34. The maximum Gasteiger partial charge on any atom is 0.339 e. The normalized spacial score (nSPS) is 11.2. The van der Waals surface area contributed by atoms with Crippen molar-refractivity contribution in [2.75, 3.05) is 7.11 Å². The molecule has 0 aliphatic carbocycles. The number of nitrogens with one attached hydrogen (secondary N) is 1. The van der Waals surface area contributed by atoms with Crippen molar-refractivity contribution in [1.82, 2.24) is 5.43 Å². The second kappa shape index (κ2) is 12.0. The van der Waals surface area contributed by atoms with Crippen LogP contribution >= 0.6 is 0 Å². The quantitative estimate of drug-likeness (QED) is 0.173. The topological polar surface area (TPSA) is 103 Å². The Balaban J connectivity index is 1.57. The molecule has 0 heterocycles. The predicted molar refractivity (Wildman–Crippen MR) is 140 cm³/mol. The molecule has 194 valence electrons. The fraction of sp³-hybridized carbons (Fsp3) is 0.0714. The molecular weight excluding hydrogens is 511 g/mol. The van der Waals surface area contributed by atoms with Crippen LogP contribution in [-0.2, 0) is 21.3 Å². The molecule has 0 fully saturated rings. The number of halogens is 1. The zero-order chi connectivity index (χ0) is 27.0. The summed E-state index contributed by atoms with van der Waals surface area (Å²) >= 11 is 0. The second-order valence-corrected chi connectivity index (χ2v) is 9.44. The molecular formula is C28H23FN2O6S. The molecule has 8 nitrogen and oxygen atoms in total. The van der Waals surface area contributed by atoms with E-state index >= 15 is 0 Å². The van der Waals surface area contributed by atoms with Gasteiger partial charge in [-0.2, -0.15) is 13.5 Å². The van der Waals surface area contributed by atoms with Gasteiger partial charge in [0.05, 0.1) is 19.7 Å². The van der Waals surface area contributed by atoms with E-state index in [1.165, 1.54) is 67.9 Å². The number of amides is 1. The van der Waals surface area contributed by atoms with E-state index in [1.807, 2.05) is 0 Å². The van der Waals surface area contributed by atoms with Crippen molar-refractivity contribution in [2.24, 2.45) is 5.10 Å². The van der Waals surface area contributed by atoms with Gasteiger partial charge in [-0.3, -0.25) is 4.79 Å². The van der Waals surface area contributed by atoms with Crippen molar-refractivity contribution in [3.63, 3.8) is 0 Å². The third-order valence-electron chi connectivity index (χ3n) is 5.14. The lowest BCUT2D eigenvalue weighted by Crippen LogP contribution is -2.20. The minimum absolute atomic E-state index is 0.0323. The Labute approximate surface area is 219 Å². The van der Waals surface area contributed by atoms with Crippen LogP contribution < -0.4 is 19.1 Å². The Morgan fingerprint density at radius 2 is 1.58 bits per heavy atom. The maximum atomic E-state index is 13.2. The molecule has 38 heavy (non-hydrogen) atoms. The van der Waals surface area contributed by atoms with Crippen LogP contribution in [0.4, 0.5) is 4.39 Å². The van der Waals surface area contributed by atoms with Gasteiger partial charge in [0, 0.05) is 5.56 Å². The van der Waals surface area contributed by atoms with E-state index in [0.29, 0.717) is 17.1 Å². The summed E-state index contributed by atoms with van der Waals surface area (Å²) in [4.78, 5) is 12.2. The molecule has 4 rings (SSSR count). The van der Waals surface area contributed by atoms with Crippen LogP contribution in [0, 0.1) is 5.82 Å². The van der Waals surface area contributed by atoms with Crippen LogP contribution in [0.5, 0.6) is 23.0 Å². The van der Waals surface area contributed by atoms with E-state index in [1.54, 1.807) is 42.5 Å². The van der Waals surface area contributed by atoms with E-state index in [9.17, 15) is 17.6 Å². The number of hydrazone groups is 1. The van der Waals surface area contributed by atoms with E-state index < -0.39 is 21.8 Å². The highest BCUT2D eigenvalue weighted by molar-refractivity contribution is 7.87. The first kappa shape index (κ1) is 26.4. The number of carbonyl (C=O) groups is 1. The van der Waals surface area contributed by atoms with Gasteiger partial charge < -0.3 is 13.7 Å². The molecule has 1 amide bonds. The fourth-order valence-corrected chi connectivity index (χ4v) is 4.48. The molecule has 0 aliphatic rings. The number of carbonyl (C=O) groups excluding carboxylic acids is 1. The third-order valence-corrected chi connectivity index (χ3v) is 6.46. The minimum atomic E-state index is -4.27. The molecule has 0 saturated heterocycles. The first-order chi connectivity index (χ1) is 18.3. The maximum absolute atomic E-state index is 13.2. The molecule has 0 aromatic heterocycles. The molecule has 0 radical (unpaired) electrons. The van der Waals surface area contributed by atoms with Crippen LogP contribution in [0.2, 0.25) is 0 Å². The molecule has 0 spiro atoms. The molecule has 0 saturated carbocycles. The largest absolute Gasteiger partial charge is 0.497 e. The average molecular weight is 535 g/mol. The SMILES string of the molecule is COc1cccc(CC(=O)N/N=C/c2cc(Oc3ccc(F)cc3)ccc2S(=O)(=O)Oc2ccccc2)c1. The minimum Gasteiger partial charge on any atom is -0.497 e. The summed E-state index contributed by atoms with van der Waals surface area (Å²) in [6.45, 7) is 0. The number of hydrogen-bond acceptors (Lipinski definition) is 7. The van der Waals surface area contributed by atoms with Gasteiger partial charge in [0.1, 0.15) is 33.7 Å². The fourth-order valence-electron chi connectivity index (χ4n) is 3.39. The van der Waals surface area contributed by atoms with Crippen molar-refractivity contribution in [1.29, 1.82) is 0 Å². The van der Waals surface area contributed by atoms with Gasteiger partial charge in [-0.1, -0.05) is 30.3 Å². The smallest absolute Gasteiger partial charge is 0.339 e. The van der Waals surface area contributed by atoms with Crippen molar-refractivity contribution < 1.29 is 31.3 Å². The Morgan fingerprint density at radius 1 is 0.868 bits per heavy atom. The van der Waals surface area contributed by atoms with E-state index in [2.05, 4.69) is 10.5 Å². The molecule has 4 aromatic rings. The zero-order valence-corrected chi connectivity index (χ0v) is 21.0. The van der Waals surface area contributed by atoms with Crippen LogP contribution in [-0.4, -0.2) is 27.6 Å². The van der Waals surface area contributed by atoms with Gasteiger partial charge in [0.2, 0.25) is 5.91 Å². The van der Waals surface area contributed by atoms with Crippen molar-refractivity contribution in [2.45, 2.75) is 11.3 Å². The van der Waals surface area contributed by atoms with E-state index in [4.69, 9.17) is 13.7 Å². The van der Waals surface area contributed by atoms with Crippen molar-refractivity contribution >= 4 is 22.2 Å². The van der Waals surface area contributed by atoms with Crippen LogP contribution in [0.15, 0.2) is 107 Å². The average Bonchev–Trinajstić information content (AvgIpc) is 2.90. The van der Waals surface area contributed by atoms with Crippen LogP contribution in [0.25, 0.3) is 0 Å². The lowest BCUT2D eigenvalue weighted by atomic mass is 10.1. The first-order valence-electron chi connectivity index (χ1n) is 11.3. The number of benzene rings is 4. The monoisotopic (exact) mass is 534 g/mol. The highest BCUT2D eigenvalue weighted by atomic mass is 32.2. The second-order valence-electron chi connectivity index (χ2n) is 7.93.